The highest BCUT2D eigenvalue weighted by Crippen LogP contribution is 2.30. The number of hydrogen-bond acceptors (Lipinski definition) is 8. The largest absolute Gasteiger partial charge is 0.462 e. The van der Waals surface area contributed by atoms with E-state index in [2.05, 4.69) is 5.32 Å². The highest BCUT2D eigenvalue weighted by Gasteiger charge is 2.44. The van der Waals surface area contributed by atoms with Gasteiger partial charge in [-0.15, -0.1) is 0 Å². The molecule has 2 heterocycles. The third kappa shape index (κ3) is 7.07. The van der Waals surface area contributed by atoms with Crippen molar-refractivity contribution in [3.05, 3.63) is 89.5 Å². The van der Waals surface area contributed by atoms with Crippen molar-refractivity contribution in [3.63, 3.8) is 0 Å². The molecule has 3 aromatic rings. The number of thiocarbonyl (C=S) groups is 1. The molecule has 0 saturated carbocycles. The summed E-state index contributed by atoms with van der Waals surface area (Å²) in [5, 5.41) is 3.01. The van der Waals surface area contributed by atoms with E-state index < -0.39 is 23.9 Å². The molecule has 5 rings (SSSR count). The molecule has 1 atom stereocenters. The Labute approximate surface area is 272 Å². The summed E-state index contributed by atoms with van der Waals surface area (Å²) in [6.07, 6.45) is 1.15. The van der Waals surface area contributed by atoms with Gasteiger partial charge >= 0.3 is 11.9 Å². The molecule has 0 bridgehead atoms. The second kappa shape index (κ2) is 14.3. The van der Waals surface area contributed by atoms with Gasteiger partial charge < -0.3 is 24.6 Å². The summed E-state index contributed by atoms with van der Waals surface area (Å²) < 4.78 is 10.1. The fourth-order valence-electron chi connectivity index (χ4n) is 5.40. The number of ether oxygens (including phenoxy) is 2. The van der Waals surface area contributed by atoms with Crippen LogP contribution in [0.3, 0.4) is 0 Å². The Morgan fingerprint density at radius 2 is 1.39 bits per heavy atom. The van der Waals surface area contributed by atoms with Gasteiger partial charge in [-0.2, -0.15) is 0 Å². The minimum absolute atomic E-state index is 0.0882. The first-order valence-corrected chi connectivity index (χ1v) is 15.5. The maximum absolute atomic E-state index is 13.9. The van der Waals surface area contributed by atoms with Crippen LogP contribution >= 0.6 is 12.2 Å². The van der Waals surface area contributed by atoms with Gasteiger partial charge in [-0.25, -0.2) is 9.59 Å². The van der Waals surface area contributed by atoms with Crippen LogP contribution in [-0.4, -0.2) is 65.5 Å². The first-order valence-electron chi connectivity index (χ1n) is 15.1. The third-order valence-corrected chi connectivity index (χ3v) is 8.11. The Balaban J connectivity index is 1.36. The van der Waals surface area contributed by atoms with Crippen molar-refractivity contribution >= 4 is 64.1 Å². The van der Waals surface area contributed by atoms with E-state index in [9.17, 15) is 24.0 Å². The zero-order valence-electron chi connectivity index (χ0n) is 25.6. The van der Waals surface area contributed by atoms with Gasteiger partial charge in [0.2, 0.25) is 11.8 Å². The minimum atomic E-state index is -0.920. The Morgan fingerprint density at radius 3 is 1.93 bits per heavy atom. The van der Waals surface area contributed by atoms with Gasteiger partial charge in [0.1, 0.15) is 6.04 Å². The summed E-state index contributed by atoms with van der Waals surface area (Å²) in [6.45, 7) is 4.84. The predicted molar refractivity (Wildman–Crippen MR) is 175 cm³/mol. The lowest BCUT2D eigenvalue weighted by Crippen LogP contribution is -2.37. The van der Waals surface area contributed by atoms with E-state index in [-0.39, 0.29) is 43.1 Å². The van der Waals surface area contributed by atoms with Crippen molar-refractivity contribution < 1.29 is 33.4 Å². The van der Waals surface area contributed by atoms with Gasteiger partial charge in [0.15, 0.2) is 5.11 Å². The minimum Gasteiger partial charge on any atom is -0.462 e. The lowest BCUT2D eigenvalue weighted by atomic mass is 10.1. The van der Waals surface area contributed by atoms with Crippen LogP contribution in [0.15, 0.2) is 72.8 Å². The van der Waals surface area contributed by atoms with Crippen LogP contribution in [0, 0.1) is 0 Å². The maximum atomic E-state index is 13.9. The van der Waals surface area contributed by atoms with Crippen molar-refractivity contribution in [3.8, 4) is 0 Å². The first kappa shape index (κ1) is 32.3. The quantitative estimate of drug-likeness (QED) is 0.234. The highest BCUT2D eigenvalue weighted by atomic mass is 32.1. The smallest absolute Gasteiger partial charge is 0.338 e. The summed E-state index contributed by atoms with van der Waals surface area (Å²) in [5.41, 5.74) is 3.24. The molecular weight excluding hydrogens is 608 g/mol. The molecule has 0 spiro atoms. The summed E-state index contributed by atoms with van der Waals surface area (Å²) in [4.78, 5) is 68.3. The van der Waals surface area contributed by atoms with E-state index in [1.807, 2.05) is 24.3 Å². The first-order chi connectivity index (χ1) is 22.2. The Bertz CT molecular complexity index is 1640. The number of amides is 3. The van der Waals surface area contributed by atoms with Crippen LogP contribution in [0.1, 0.15) is 59.4 Å². The molecule has 46 heavy (non-hydrogen) atoms. The molecule has 0 unspecified atom stereocenters. The Kier molecular flexibility index (Phi) is 10.1. The molecule has 238 valence electrons. The van der Waals surface area contributed by atoms with E-state index in [1.165, 1.54) is 4.90 Å². The average Bonchev–Trinajstić information content (AvgIpc) is 3.58. The van der Waals surface area contributed by atoms with Crippen molar-refractivity contribution in [2.75, 3.05) is 34.9 Å². The Morgan fingerprint density at radius 1 is 0.826 bits per heavy atom. The third-order valence-electron chi connectivity index (χ3n) is 7.69. The van der Waals surface area contributed by atoms with E-state index in [4.69, 9.17) is 21.7 Å². The number of hydrogen-bond donors (Lipinski definition) is 1. The zero-order valence-corrected chi connectivity index (χ0v) is 26.4. The zero-order chi connectivity index (χ0) is 32.8. The predicted octanol–water partition coefficient (Wildman–Crippen LogP) is 4.70. The number of carbonyl (C=O) groups is 5. The van der Waals surface area contributed by atoms with E-state index in [0.29, 0.717) is 35.5 Å². The fraction of sp³-hybridized carbons (Fsp3) is 0.294. The lowest BCUT2D eigenvalue weighted by molar-refractivity contribution is -0.124. The molecule has 2 saturated heterocycles. The lowest BCUT2D eigenvalue weighted by Gasteiger charge is -2.24. The van der Waals surface area contributed by atoms with Crippen LogP contribution in [0.2, 0.25) is 0 Å². The molecule has 0 aliphatic carbocycles. The van der Waals surface area contributed by atoms with E-state index in [1.54, 1.807) is 72.2 Å². The molecular formula is C34H34N4O7S. The second-order valence-electron chi connectivity index (χ2n) is 10.7. The topological polar surface area (TPSA) is 126 Å². The van der Waals surface area contributed by atoms with Crippen molar-refractivity contribution in [1.82, 2.24) is 4.90 Å². The number of nitrogens with one attached hydrogen (secondary N) is 1. The fourth-order valence-corrected chi connectivity index (χ4v) is 5.79. The number of nitrogens with zero attached hydrogens (tertiary/aromatic N) is 3. The summed E-state index contributed by atoms with van der Waals surface area (Å²) in [6, 6.07) is 19.2. The van der Waals surface area contributed by atoms with Crippen LogP contribution < -0.4 is 15.1 Å². The van der Waals surface area contributed by atoms with Crippen molar-refractivity contribution in [2.45, 2.75) is 45.7 Å². The number of benzene rings is 3. The average molecular weight is 643 g/mol. The second-order valence-corrected chi connectivity index (χ2v) is 11.1. The molecule has 3 aromatic carbocycles. The molecule has 3 amide bonds. The Hall–Kier alpha value is -5.10. The molecule has 1 N–H and O–H groups in total. The van der Waals surface area contributed by atoms with E-state index in [0.717, 1.165) is 17.7 Å². The van der Waals surface area contributed by atoms with Crippen LogP contribution in [0.25, 0.3) is 0 Å². The summed E-state index contributed by atoms with van der Waals surface area (Å²) >= 11 is 5.81. The SMILES string of the molecule is CCOC(=O)c1ccc(NC(=O)C[C@H]2C(=O)N(c3ccc(C(=O)OCC)cc3)C(=S)N2Cc2ccc(N3CCCC3=O)cc2)cc1. The van der Waals surface area contributed by atoms with Crippen LogP contribution in [0.5, 0.6) is 0 Å². The van der Waals surface area contributed by atoms with Crippen LogP contribution in [0.4, 0.5) is 17.1 Å². The van der Waals surface area contributed by atoms with Crippen molar-refractivity contribution in [1.29, 1.82) is 0 Å². The highest BCUT2D eigenvalue weighted by molar-refractivity contribution is 7.80. The number of anilines is 3. The maximum Gasteiger partial charge on any atom is 0.338 e. The normalized spacial score (nSPS) is 16.2. The van der Waals surface area contributed by atoms with Gasteiger partial charge in [0.05, 0.1) is 36.4 Å². The number of rotatable bonds is 11. The van der Waals surface area contributed by atoms with Crippen LogP contribution in [-0.2, 0) is 30.4 Å². The van der Waals surface area contributed by atoms with E-state index >= 15 is 0 Å². The molecule has 12 heteroatoms. The van der Waals surface area contributed by atoms with Gasteiger partial charge in [-0.05, 0) is 98.7 Å². The standard InChI is InChI=1S/C34H34N4O7S/c1-3-44-32(42)23-9-13-25(14-10-23)35-29(39)20-28-31(41)38(27-17-11-24(12-18-27)33(43)45-4-2)34(46)37(28)21-22-7-15-26(16-8-22)36-19-5-6-30(36)40/h7-18,28H,3-6,19-21H2,1-2H3,(H,35,39)/t28-/m0/s1. The summed E-state index contributed by atoms with van der Waals surface area (Å²) in [7, 11) is 0. The monoisotopic (exact) mass is 642 g/mol. The van der Waals surface area contributed by atoms with Gasteiger partial charge in [-0.3, -0.25) is 19.3 Å². The number of esters is 2. The van der Waals surface area contributed by atoms with Gasteiger partial charge in [0, 0.05) is 30.9 Å². The molecule has 0 aromatic heterocycles. The number of carbonyl (C=O) groups excluding carboxylic acids is 5. The van der Waals surface area contributed by atoms with Crippen molar-refractivity contribution in [2.24, 2.45) is 0 Å². The molecule has 2 aliphatic heterocycles. The molecule has 2 aliphatic rings. The summed E-state index contributed by atoms with van der Waals surface area (Å²) in [5.74, 6) is -1.66. The molecule has 11 nitrogen and oxygen atoms in total. The molecule has 0 radical (unpaired) electrons. The molecule has 2 fully saturated rings. The van der Waals surface area contributed by atoms with Gasteiger partial charge in [0.25, 0.3) is 5.91 Å². The van der Waals surface area contributed by atoms with Gasteiger partial charge in [-0.1, -0.05) is 12.1 Å².